The molecule has 0 radical (unpaired) electrons. The van der Waals surface area contributed by atoms with Gasteiger partial charge in [0.1, 0.15) is 0 Å². The Balaban J connectivity index is 2.29. The summed E-state index contributed by atoms with van der Waals surface area (Å²) < 4.78 is 27.3. The molecule has 0 N–H and O–H groups in total. The second-order valence-electron chi connectivity index (χ2n) is 4.06. The average molecular weight is 336 g/mol. The number of aryl methyl sites for hydroxylation is 1. The molecule has 1 heterocycles. The number of nitrogens with zero attached hydrogens (tertiary/aromatic N) is 5. The minimum absolute atomic E-state index is 0.0477. The first-order valence-corrected chi connectivity index (χ1v) is 7.64. The molecule has 0 aliphatic carbocycles. The lowest BCUT2D eigenvalue weighted by atomic mass is 10.4. The van der Waals surface area contributed by atoms with Crippen molar-refractivity contribution in [3.05, 3.63) is 34.1 Å². The lowest BCUT2D eigenvalue weighted by molar-refractivity contribution is 0.447. The molecule has 0 bridgehead atoms. The van der Waals surface area contributed by atoms with Gasteiger partial charge in [0, 0.05) is 14.1 Å². The fourth-order valence-electron chi connectivity index (χ4n) is 1.48. The lowest BCUT2D eigenvalue weighted by Crippen LogP contribution is -2.27. The standard InChI is InChI=1S/C10H11Cl2N5O2S/c1-16(6-10-13-14-15-17(10)2)20(18,19)7-3-4-8(11)9(12)5-7/h3-5H,6H2,1-2H3. The zero-order chi connectivity index (χ0) is 14.9. The molecule has 2 aromatic rings. The molecular weight excluding hydrogens is 325 g/mol. The van der Waals surface area contributed by atoms with Gasteiger partial charge in [-0.1, -0.05) is 23.2 Å². The fourth-order valence-corrected chi connectivity index (χ4v) is 3.00. The Hall–Kier alpha value is -1.22. The second-order valence-corrected chi connectivity index (χ2v) is 6.92. The summed E-state index contributed by atoms with van der Waals surface area (Å²) in [6.45, 7) is 0.0477. The van der Waals surface area contributed by atoms with Crippen molar-refractivity contribution in [2.45, 2.75) is 11.4 Å². The van der Waals surface area contributed by atoms with Gasteiger partial charge in [-0.2, -0.15) is 4.31 Å². The number of aromatic nitrogens is 4. The number of rotatable bonds is 4. The van der Waals surface area contributed by atoms with Crippen LogP contribution in [0.1, 0.15) is 5.82 Å². The van der Waals surface area contributed by atoms with Gasteiger partial charge >= 0.3 is 0 Å². The van der Waals surface area contributed by atoms with Crippen molar-refractivity contribution in [2.75, 3.05) is 7.05 Å². The van der Waals surface area contributed by atoms with E-state index < -0.39 is 10.0 Å². The fraction of sp³-hybridized carbons (Fsp3) is 0.300. The van der Waals surface area contributed by atoms with E-state index in [2.05, 4.69) is 15.5 Å². The Morgan fingerprint density at radius 2 is 2.00 bits per heavy atom. The summed E-state index contributed by atoms with van der Waals surface area (Å²) in [4.78, 5) is 0.0597. The number of hydrogen-bond donors (Lipinski definition) is 0. The minimum Gasteiger partial charge on any atom is -0.231 e. The van der Waals surface area contributed by atoms with Crippen LogP contribution in [0, 0.1) is 0 Å². The molecule has 0 unspecified atom stereocenters. The number of tetrazole rings is 1. The molecule has 0 fully saturated rings. The van der Waals surface area contributed by atoms with Crippen LogP contribution >= 0.6 is 23.2 Å². The Morgan fingerprint density at radius 3 is 2.55 bits per heavy atom. The molecule has 0 aliphatic heterocycles. The van der Waals surface area contributed by atoms with Crippen molar-refractivity contribution in [1.29, 1.82) is 0 Å². The molecule has 0 saturated carbocycles. The summed E-state index contributed by atoms with van der Waals surface area (Å²) in [6.07, 6.45) is 0. The van der Waals surface area contributed by atoms with E-state index in [-0.39, 0.29) is 16.5 Å². The smallest absolute Gasteiger partial charge is 0.231 e. The third-order valence-corrected chi connectivity index (χ3v) is 5.21. The van der Waals surface area contributed by atoms with E-state index in [0.29, 0.717) is 10.8 Å². The molecule has 1 aromatic heterocycles. The van der Waals surface area contributed by atoms with Gasteiger partial charge in [0.25, 0.3) is 0 Å². The first kappa shape index (κ1) is 15.2. The van der Waals surface area contributed by atoms with Gasteiger partial charge < -0.3 is 0 Å². The summed E-state index contributed by atoms with van der Waals surface area (Å²) in [5.74, 6) is 0.427. The lowest BCUT2D eigenvalue weighted by Gasteiger charge is -2.16. The van der Waals surface area contributed by atoms with Crippen LogP contribution in [-0.2, 0) is 23.6 Å². The van der Waals surface area contributed by atoms with Gasteiger partial charge in [0.15, 0.2) is 5.82 Å². The van der Waals surface area contributed by atoms with E-state index in [0.717, 1.165) is 4.31 Å². The highest BCUT2D eigenvalue weighted by atomic mass is 35.5. The normalized spacial score (nSPS) is 12.1. The van der Waals surface area contributed by atoms with Gasteiger partial charge in [0.2, 0.25) is 10.0 Å². The van der Waals surface area contributed by atoms with Crippen LogP contribution in [0.4, 0.5) is 0 Å². The van der Waals surface area contributed by atoms with Crippen LogP contribution in [0.15, 0.2) is 23.1 Å². The molecular formula is C10H11Cl2N5O2S. The number of sulfonamides is 1. The molecule has 2 rings (SSSR count). The molecule has 10 heteroatoms. The minimum atomic E-state index is -3.69. The quantitative estimate of drug-likeness (QED) is 0.842. The van der Waals surface area contributed by atoms with Crippen LogP contribution < -0.4 is 0 Å². The van der Waals surface area contributed by atoms with Gasteiger partial charge in [-0.05, 0) is 28.6 Å². The van der Waals surface area contributed by atoms with Crippen molar-refractivity contribution in [2.24, 2.45) is 7.05 Å². The van der Waals surface area contributed by atoms with Gasteiger partial charge in [-0.25, -0.2) is 13.1 Å². The Labute approximate surface area is 126 Å². The molecule has 108 valence electrons. The average Bonchev–Trinajstić information content (AvgIpc) is 2.78. The summed E-state index contributed by atoms with van der Waals surface area (Å²) >= 11 is 11.6. The largest absolute Gasteiger partial charge is 0.243 e. The molecule has 1 aromatic carbocycles. The van der Waals surface area contributed by atoms with Gasteiger partial charge in [-0.15, -0.1) is 5.10 Å². The first-order chi connectivity index (χ1) is 9.32. The van der Waals surface area contributed by atoms with Crippen LogP contribution in [0.5, 0.6) is 0 Å². The number of hydrogen-bond acceptors (Lipinski definition) is 5. The topological polar surface area (TPSA) is 81.0 Å². The molecule has 7 nitrogen and oxygen atoms in total. The number of benzene rings is 1. The van der Waals surface area contributed by atoms with E-state index in [4.69, 9.17) is 23.2 Å². The second kappa shape index (κ2) is 5.65. The molecule has 0 atom stereocenters. The van der Waals surface area contributed by atoms with Crippen molar-refractivity contribution in [1.82, 2.24) is 24.5 Å². The Bertz CT molecular complexity index is 731. The van der Waals surface area contributed by atoms with E-state index in [1.54, 1.807) is 7.05 Å². The van der Waals surface area contributed by atoms with E-state index in [1.807, 2.05) is 0 Å². The Kier molecular flexibility index (Phi) is 4.28. The summed E-state index contributed by atoms with van der Waals surface area (Å²) in [5, 5.41) is 11.3. The van der Waals surface area contributed by atoms with Crippen molar-refractivity contribution in [3.63, 3.8) is 0 Å². The first-order valence-electron chi connectivity index (χ1n) is 5.45. The molecule has 20 heavy (non-hydrogen) atoms. The zero-order valence-corrected chi connectivity index (χ0v) is 13.0. The zero-order valence-electron chi connectivity index (χ0n) is 10.7. The van der Waals surface area contributed by atoms with Crippen LogP contribution in [0.2, 0.25) is 10.0 Å². The van der Waals surface area contributed by atoms with Crippen LogP contribution in [-0.4, -0.2) is 40.0 Å². The third-order valence-electron chi connectivity index (χ3n) is 2.67. The maximum atomic E-state index is 12.4. The highest BCUT2D eigenvalue weighted by Crippen LogP contribution is 2.26. The van der Waals surface area contributed by atoms with Crippen molar-refractivity contribution in [3.8, 4) is 0 Å². The molecule has 0 spiro atoms. The summed E-state index contributed by atoms with van der Waals surface area (Å²) in [7, 11) is -0.619. The third kappa shape index (κ3) is 2.93. The van der Waals surface area contributed by atoms with E-state index >= 15 is 0 Å². The monoisotopic (exact) mass is 335 g/mol. The summed E-state index contributed by atoms with van der Waals surface area (Å²) in [6, 6.07) is 4.15. The van der Waals surface area contributed by atoms with Crippen LogP contribution in [0.3, 0.4) is 0 Å². The van der Waals surface area contributed by atoms with Gasteiger partial charge in [-0.3, -0.25) is 0 Å². The molecule has 0 saturated heterocycles. The Morgan fingerprint density at radius 1 is 1.30 bits per heavy atom. The predicted octanol–water partition coefficient (Wildman–Crippen LogP) is 1.34. The number of halogens is 2. The van der Waals surface area contributed by atoms with Crippen LogP contribution in [0.25, 0.3) is 0 Å². The molecule has 0 amide bonds. The van der Waals surface area contributed by atoms with Crippen molar-refractivity contribution < 1.29 is 8.42 Å². The SMILES string of the molecule is CN(Cc1nnnn1C)S(=O)(=O)c1ccc(Cl)c(Cl)c1. The van der Waals surface area contributed by atoms with Crippen molar-refractivity contribution >= 4 is 33.2 Å². The predicted molar refractivity (Wildman–Crippen MR) is 73.9 cm³/mol. The van der Waals surface area contributed by atoms with E-state index in [1.165, 1.54) is 29.9 Å². The maximum absolute atomic E-state index is 12.4. The highest BCUT2D eigenvalue weighted by molar-refractivity contribution is 7.89. The highest BCUT2D eigenvalue weighted by Gasteiger charge is 2.23. The molecule has 0 aliphatic rings. The van der Waals surface area contributed by atoms with Gasteiger partial charge in [0.05, 0.1) is 21.5 Å². The van der Waals surface area contributed by atoms with E-state index in [9.17, 15) is 8.42 Å². The summed E-state index contributed by atoms with van der Waals surface area (Å²) in [5.41, 5.74) is 0. The maximum Gasteiger partial charge on any atom is 0.243 e.